The number of carbonyl (C=O) groups is 1. The number of aromatic nitrogens is 2. The van der Waals surface area contributed by atoms with Crippen molar-refractivity contribution in [1.82, 2.24) is 15.5 Å². The molecular weight excluding hydrogens is 334 g/mol. The van der Waals surface area contributed by atoms with E-state index in [0.29, 0.717) is 17.0 Å². The highest BCUT2D eigenvalue weighted by atomic mass is 16.5. The fraction of sp³-hybridized carbons (Fsp3) is 0.211. The van der Waals surface area contributed by atoms with E-state index in [1.54, 1.807) is 6.07 Å². The molecule has 7 nitrogen and oxygen atoms in total. The maximum absolute atomic E-state index is 12.1. The molecule has 0 saturated carbocycles. The number of H-pyrrole nitrogens is 1. The van der Waals surface area contributed by atoms with E-state index in [2.05, 4.69) is 15.5 Å². The number of benzene rings is 1. The van der Waals surface area contributed by atoms with Gasteiger partial charge in [-0.3, -0.25) is 9.59 Å². The van der Waals surface area contributed by atoms with Crippen LogP contribution in [0.2, 0.25) is 0 Å². The molecule has 0 bridgehead atoms. The molecule has 0 radical (unpaired) electrons. The molecule has 1 amide bonds. The van der Waals surface area contributed by atoms with E-state index in [0.717, 1.165) is 17.7 Å². The number of ether oxygens (including phenoxy) is 1. The number of aromatic amines is 1. The predicted octanol–water partition coefficient (Wildman–Crippen LogP) is 2.28. The highest BCUT2D eigenvalue weighted by molar-refractivity contribution is 5.93. The zero-order valence-electron chi connectivity index (χ0n) is 14.1. The van der Waals surface area contributed by atoms with Crippen molar-refractivity contribution in [2.45, 2.75) is 26.0 Å². The number of nitrogens with zero attached hydrogens (tertiary/aromatic N) is 1. The van der Waals surface area contributed by atoms with Crippen molar-refractivity contribution in [1.29, 1.82) is 0 Å². The van der Waals surface area contributed by atoms with Gasteiger partial charge in [-0.25, -0.2) is 0 Å². The van der Waals surface area contributed by atoms with Crippen LogP contribution in [0, 0.1) is 0 Å². The van der Waals surface area contributed by atoms with Crippen LogP contribution in [-0.2, 0) is 13.0 Å². The Kier molecular flexibility index (Phi) is 4.04. The molecule has 4 rings (SSSR count). The number of hydrogen-bond acceptors (Lipinski definition) is 5. The van der Waals surface area contributed by atoms with E-state index in [1.807, 2.05) is 25.1 Å². The molecule has 1 aromatic carbocycles. The van der Waals surface area contributed by atoms with Gasteiger partial charge >= 0.3 is 0 Å². The second-order valence-corrected chi connectivity index (χ2v) is 6.26. The second-order valence-electron chi connectivity index (χ2n) is 6.26. The smallest absolute Gasteiger partial charge is 0.253 e. The second kappa shape index (κ2) is 6.51. The van der Waals surface area contributed by atoms with Gasteiger partial charge in [-0.2, -0.15) is 0 Å². The molecule has 3 aromatic rings. The molecule has 2 N–H and O–H groups in total. The number of fused-ring (bicyclic) bond motifs is 1. The van der Waals surface area contributed by atoms with Gasteiger partial charge < -0.3 is 19.6 Å². The predicted molar refractivity (Wildman–Crippen MR) is 94.0 cm³/mol. The first-order chi connectivity index (χ1) is 12.6. The van der Waals surface area contributed by atoms with Crippen LogP contribution >= 0.6 is 0 Å². The average molecular weight is 351 g/mol. The van der Waals surface area contributed by atoms with Crippen molar-refractivity contribution >= 4 is 5.91 Å². The van der Waals surface area contributed by atoms with Crippen molar-refractivity contribution in [3.8, 4) is 17.1 Å². The lowest BCUT2D eigenvalue weighted by Gasteiger charge is -2.03. The van der Waals surface area contributed by atoms with Crippen LogP contribution in [0.15, 0.2) is 51.9 Å². The number of pyridine rings is 1. The van der Waals surface area contributed by atoms with E-state index in [9.17, 15) is 9.59 Å². The highest BCUT2D eigenvalue weighted by Gasteiger charge is 2.20. The van der Waals surface area contributed by atoms with Gasteiger partial charge in [-0.1, -0.05) is 17.3 Å². The molecule has 0 aliphatic carbocycles. The lowest BCUT2D eigenvalue weighted by atomic mass is 10.1. The van der Waals surface area contributed by atoms with Crippen molar-refractivity contribution < 1.29 is 14.1 Å². The maximum Gasteiger partial charge on any atom is 0.253 e. The Labute approximate surface area is 149 Å². The van der Waals surface area contributed by atoms with Crippen LogP contribution in [0.5, 0.6) is 5.75 Å². The van der Waals surface area contributed by atoms with Crippen molar-refractivity contribution in [3.05, 3.63) is 69.8 Å². The number of hydrogen-bond donors (Lipinski definition) is 2. The van der Waals surface area contributed by atoms with E-state index < -0.39 is 0 Å². The first kappa shape index (κ1) is 16.1. The fourth-order valence-electron chi connectivity index (χ4n) is 2.91. The van der Waals surface area contributed by atoms with E-state index in [1.165, 1.54) is 23.9 Å². The lowest BCUT2D eigenvalue weighted by Crippen LogP contribution is -2.23. The van der Waals surface area contributed by atoms with Gasteiger partial charge in [0.15, 0.2) is 5.76 Å². The van der Waals surface area contributed by atoms with Gasteiger partial charge in [0.2, 0.25) is 5.56 Å². The fourth-order valence-corrected chi connectivity index (χ4v) is 2.91. The van der Waals surface area contributed by atoms with Gasteiger partial charge in [0.05, 0.1) is 12.1 Å². The highest BCUT2D eigenvalue weighted by Crippen LogP contribution is 2.33. The third kappa shape index (κ3) is 3.23. The van der Waals surface area contributed by atoms with Crippen LogP contribution in [-0.4, -0.2) is 22.2 Å². The van der Waals surface area contributed by atoms with Crippen LogP contribution in [0.3, 0.4) is 0 Å². The first-order valence-corrected chi connectivity index (χ1v) is 8.31. The minimum Gasteiger partial charge on any atom is -0.490 e. The molecule has 132 valence electrons. The molecule has 0 spiro atoms. The Morgan fingerprint density at radius 2 is 2.19 bits per heavy atom. The Bertz CT molecular complexity index is 1000. The number of nitrogens with one attached hydrogen (secondary N) is 2. The summed E-state index contributed by atoms with van der Waals surface area (Å²) in [5, 5.41) is 6.73. The topological polar surface area (TPSA) is 97.2 Å². The Hall–Kier alpha value is -3.35. The molecule has 1 aliphatic rings. The molecule has 1 aliphatic heterocycles. The van der Waals surface area contributed by atoms with Crippen LogP contribution in [0.1, 0.15) is 28.5 Å². The normalized spacial score (nSPS) is 15.3. The third-order valence-electron chi connectivity index (χ3n) is 4.22. The summed E-state index contributed by atoms with van der Waals surface area (Å²) in [6.45, 7) is 2.26. The summed E-state index contributed by atoms with van der Waals surface area (Å²) in [4.78, 5) is 25.6. The van der Waals surface area contributed by atoms with Gasteiger partial charge in [-0.15, -0.1) is 0 Å². The minimum atomic E-state index is -0.300. The summed E-state index contributed by atoms with van der Waals surface area (Å²) in [7, 11) is 0. The SMILES string of the molecule is CC1Cc2ccc(-c3cc(CNC(=O)c4ccc(=O)[nH]c4)no3)cc2O1. The van der Waals surface area contributed by atoms with Gasteiger partial charge in [0.25, 0.3) is 5.91 Å². The van der Waals surface area contributed by atoms with E-state index in [4.69, 9.17) is 9.26 Å². The molecular formula is C19H17N3O4. The zero-order valence-corrected chi connectivity index (χ0v) is 14.1. The quantitative estimate of drug-likeness (QED) is 0.752. The number of carbonyl (C=O) groups excluding carboxylic acids is 1. The number of amides is 1. The van der Waals surface area contributed by atoms with Crippen LogP contribution < -0.4 is 15.6 Å². The number of rotatable bonds is 4. The van der Waals surface area contributed by atoms with Crippen molar-refractivity contribution in [3.63, 3.8) is 0 Å². The Morgan fingerprint density at radius 1 is 1.31 bits per heavy atom. The molecule has 3 heterocycles. The van der Waals surface area contributed by atoms with Crippen molar-refractivity contribution in [2.24, 2.45) is 0 Å². The maximum atomic E-state index is 12.1. The van der Waals surface area contributed by atoms with Crippen LogP contribution in [0.4, 0.5) is 0 Å². The summed E-state index contributed by atoms with van der Waals surface area (Å²) < 4.78 is 11.2. The minimum absolute atomic E-state index is 0.189. The average Bonchev–Trinajstić information content (AvgIpc) is 3.25. The zero-order chi connectivity index (χ0) is 18.1. The Balaban J connectivity index is 1.44. The summed E-state index contributed by atoms with van der Waals surface area (Å²) in [6.07, 6.45) is 2.47. The van der Waals surface area contributed by atoms with Gasteiger partial charge in [0.1, 0.15) is 17.5 Å². The third-order valence-corrected chi connectivity index (χ3v) is 4.22. The van der Waals surface area contributed by atoms with E-state index >= 15 is 0 Å². The monoisotopic (exact) mass is 351 g/mol. The first-order valence-electron chi connectivity index (χ1n) is 8.31. The van der Waals surface area contributed by atoms with Gasteiger partial charge in [0, 0.05) is 30.3 Å². The molecule has 7 heteroatoms. The standard InChI is InChI=1S/C19H17N3O4/c1-11-6-12-2-3-13(7-16(12)25-11)17-8-15(22-26-17)10-21-19(24)14-4-5-18(23)20-9-14/h2-5,7-9,11H,6,10H2,1H3,(H,20,23)(H,21,24). The lowest BCUT2D eigenvalue weighted by molar-refractivity contribution is 0.0949. The molecule has 2 aromatic heterocycles. The molecule has 0 saturated heterocycles. The summed E-state index contributed by atoms with van der Waals surface area (Å²) in [6, 6.07) is 10.5. The summed E-state index contributed by atoms with van der Waals surface area (Å²) in [5.41, 5.74) is 2.79. The van der Waals surface area contributed by atoms with Gasteiger partial charge in [-0.05, 0) is 24.6 Å². The largest absolute Gasteiger partial charge is 0.490 e. The molecule has 0 fully saturated rings. The Morgan fingerprint density at radius 3 is 3.00 bits per heavy atom. The molecule has 1 atom stereocenters. The van der Waals surface area contributed by atoms with E-state index in [-0.39, 0.29) is 24.1 Å². The summed E-state index contributed by atoms with van der Waals surface area (Å²) >= 11 is 0. The molecule has 26 heavy (non-hydrogen) atoms. The molecule has 1 unspecified atom stereocenters. The summed E-state index contributed by atoms with van der Waals surface area (Å²) in [5.74, 6) is 1.19. The van der Waals surface area contributed by atoms with Crippen LogP contribution in [0.25, 0.3) is 11.3 Å². The van der Waals surface area contributed by atoms with Crippen molar-refractivity contribution in [2.75, 3.05) is 0 Å².